The molecule has 0 atom stereocenters. The Morgan fingerprint density at radius 2 is 1.04 bits per heavy atom. The molecular formula is C45H25N5. The van der Waals surface area contributed by atoms with E-state index in [9.17, 15) is 15.8 Å². The summed E-state index contributed by atoms with van der Waals surface area (Å²) in [5, 5.41) is 34.5. The van der Waals surface area contributed by atoms with Crippen LogP contribution in [-0.4, -0.2) is 9.13 Å². The minimum atomic E-state index is 0.565. The summed E-state index contributed by atoms with van der Waals surface area (Å²) < 4.78 is 4.41. The van der Waals surface area contributed by atoms with Crippen LogP contribution in [0.3, 0.4) is 0 Å². The number of aromatic nitrogens is 2. The van der Waals surface area contributed by atoms with Gasteiger partial charge in [0.1, 0.15) is 6.07 Å². The topological polar surface area (TPSA) is 81.2 Å². The lowest BCUT2D eigenvalue weighted by atomic mass is 9.89. The highest BCUT2D eigenvalue weighted by atomic mass is 15.0. The Bertz CT molecular complexity index is 2970. The summed E-state index contributed by atoms with van der Waals surface area (Å²) in [5.74, 6) is 0. The maximum atomic E-state index is 10.5. The van der Waals surface area contributed by atoms with Gasteiger partial charge < -0.3 is 9.13 Å². The summed E-state index contributed by atoms with van der Waals surface area (Å²) in [4.78, 5) is 0. The van der Waals surface area contributed by atoms with Crippen molar-refractivity contribution in [3.8, 4) is 51.8 Å². The molecule has 230 valence electrons. The van der Waals surface area contributed by atoms with Gasteiger partial charge in [-0.2, -0.15) is 15.8 Å². The molecule has 0 saturated heterocycles. The highest BCUT2D eigenvalue weighted by Crippen LogP contribution is 2.42. The molecule has 0 aliphatic carbocycles. The highest BCUT2D eigenvalue weighted by molar-refractivity contribution is 6.12. The molecule has 9 aromatic rings. The van der Waals surface area contributed by atoms with Gasteiger partial charge in [-0.1, -0.05) is 91.0 Å². The molecule has 2 aromatic heterocycles. The summed E-state index contributed by atoms with van der Waals surface area (Å²) >= 11 is 0. The van der Waals surface area contributed by atoms with Crippen LogP contribution >= 0.6 is 0 Å². The van der Waals surface area contributed by atoms with E-state index in [4.69, 9.17) is 0 Å². The molecule has 5 nitrogen and oxygen atoms in total. The van der Waals surface area contributed by atoms with Crippen molar-refractivity contribution in [2.45, 2.75) is 0 Å². The fraction of sp³-hybridized carbons (Fsp3) is 0. The van der Waals surface area contributed by atoms with Gasteiger partial charge in [0.2, 0.25) is 0 Å². The number of hydrogen-bond donors (Lipinski definition) is 0. The van der Waals surface area contributed by atoms with Crippen LogP contribution in [0, 0.1) is 34.0 Å². The van der Waals surface area contributed by atoms with Crippen molar-refractivity contribution < 1.29 is 0 Å². The van der Waals surface area contributed by atoms with E-state index in [1.807, 2.05) is 84.9 Å². The zero-order chi connectivity index (χ0) is 33.8. The van der Waals surface area contributed by atoms with Gasteiger partial charge in [0.25, 0.3) is 0 Å². The number of benzene rings is 7. The Morgan fingerprint density at radius 1 is 0.420 bits per heavy atom. The maximum Gasteiger partial charge on any atom is 0.101 e. The third-order valence-corrected chi connectivity index (χ3v) is 9.63. The van der Waals surface area contributed by atoms with Crippen LogP contribution in [-0.2, 0) is 0 Å². The van der Waals surface area contributed by atoms with Gasteiger partial charge >= 0.3 is 0 Å². The van der Waals surface area contributed by atoms with Crippen molar-refractivity contribution in [3.63, 3.8) is 0 Å². The van der Waals surface area contributed by atoms with Gasteiger partial charge in [0, 0.05) is 38.4 Å². The first-order valence-electron chi connectivity index (χ1n) is 16.3. The van der Waals surface area contributed by atoms with Crippen molar-refractivity contribution in [2.24, 2.45) is 0 Å². The van der Waals surface area contributed by atoms with E-state index in [1.54, 1.807) is 0 Å². The standard InChI is InChI=1S/C45H25N5/c46-26-29-22-23-43-39(24-29)36-16-3-4-19-40(36)49(43)33-13-7-10-30(25-33)44-31(27-47)11-8-17-37(44)34-14-1-5-20-41(34)50-42-21-6-2-15-35(42)38-18-9-12-32(28-48)45(38)50/h1-25H. The van der Waals surface area contributed by atoms with Crippen molar-refractivity contribution in [2.75, 3.05) is 0 Å². The van der Waals surface area contributed by atoms with Gasteiger partial charge in [-0.3, -0.25) is 0 Å². The molecule has 0 amide bonds. The summed E-state index contributed by atoms with van der Waals surface area (Å²) in [7, 11) is 0. The number of hydrogen-bond acceptors (Lipinski definition) is 3. The Kier molecular flexibility index (Phi) is 6.56. The lowest BCUT2D eigenvalue weighted by Gasteiger charge is -2.18. The molecule has 7 aromatic carbocycles. The first kappa shape index (κ1) is 28.8. The molecule has 0 saturated carbocycles. The van der Waals surface area contributed by atoms with E-state index in [1.165, 1.54) is 0 Å². The minimum absolute atomic E-state index is 0.565. The molecule has 0 aliphatic heterocycles. The van der Waals surface area contributed by atoms with Crippen molar-refractivity contribution in [1.82, 2.24) is 9.13 Å². The van der Waals surface area contributed by atoms with Gasteiger partial charge in [0.15, 0.2) is 0 Å². The molecular weight excluding hydrogens is 611 g/mol. The number of nitriles is 3. The third kappa shape index (κ3) is 4.24. The Morgan fingerprint density at radius 3 is 1.84 bits per heavy atom. The first-order valence-corrected chi connectivity index (χ1v) is 16.3. The highest BCUT2D eigenvalue weighted by Gasteiger charge is 2.21. The van der Waals surface area contributed by atoms with E-state index in [-0.39, 0.29) is 0 Å². The number of rotatable bonds is 4. The fourth-order valence-electron chi connectivity index (χ4n) is 7.56. The Labute approximate surface area is 287 Å². The van der Waals surface area contributed by atoms with E-state index in [0.29, 0.717) is 16.7 Å². The first-order chi connectivity index (χ1) is 24.7. The van der Waals surface area contributed by atoms with Crippen LogP contribution in [0.2, 0.25) is 0 Å². The van der Waals surface area contributed by atoms with Crippen LogP contribution in [0.4, 0.5) is 0 Å². The van der Waals surface area contributed by atoms with Gasteiger partial charge in [-0.15, -0.1) is 0 Å². The van der Waals surface area contributed by atoms with Crippen LogP contribution in [0.25, 0.3) is 77.2 Å². The van der Waals surface area contributed by atoms with E-state index < -0.39 is 0 Å². The van der Waals surface area contributed by atoms with E-state index in [2.05, 4.69) is 94.1 Å². The zero-order valence-electron chi connectivity index (χ0n) is 26.7. The molecule has 9 rings (SSSR count). The largest absolute Gasteiger partial charge is 0.309 e. The Hall–Kier alpha value is -7.39. The Balaban J connectivity index is 1.31. The number of para-hydroxylation sites is 4. The summed E-state index contributed by atoms with van der Waals surface area (Å²) in [6.45, 7) is 0. The molecule has 0 bridgehead atoms. The minimum Gasteiger partial charge on any atom is -0.309 e. The number of nitrogens with zero attached hydrogens (tertiary/aromatic N) is 5. The molecule has 0 fully saturated rings. The van der Waals surface area contributed by atoms with Crippen molar-refractivity contribution in [1.29, 1.82) is 15.8 Å². The molecule has 5 heteroatoms. The summed E-state index contributed by atoms with van der Waals surface area (Å²) in [6, 6.07) is 57.7. The van der Waals surface area contributed by atoms with Gasteiger partial charge in [-0.05, 0) is 71.8 Å². The predicted octanol–water partition coefficient (Wildman–Crippen LogP) is 10.8. The second-order valence-corrected chi connectivity index (χ2v) is 12.3. The fourth-order valence-corrected chi connectivity index (χ4v) is 7.56. The lowest BCUT2D eigenvalue weighted by molar-refractivity contribution is 1.18. The molecule has 0 aliphatic rings. The van der Waals surface area contributed by atoms with E-state index >= 15 is 0 Å². The van der Waals surface area contributed by atoms with Crippen molar-refractivity contribution >= 4 is 43.6 Å². The zero-order valence-corrected chi connectivity index (χ0v) is 26.7. The SMILES string of the molecule is N#Cc1ccc2c(c1)c1ccccc1n2-c1cccc(-c2c(C#N)cccc2-c2ccccc2-n2c3ccccc3c3cccc(C#N)c32)c1. The number of fused-ring (bicyclic) bond motifs is 6. The van der Waals surface area contributed by atoms with Crippen LogP contribution < -0.4 is 0 Å². The molecule has 0 radical (unpaired) electrons. The molecule has 0 unspecified atom stereocenters. The monoisotopic (exact) mass is 635 g/mol. The van der Waals surface area contributed by atoms with Crippen LogP contribution in [0.1, 0.15) is 16.7 Å². The average molecular weight is 636 g/mol. The molecule has 0 N–H and O–H groups in total. The van der Waals surface area contributed by atoms with Crippen LogP contribution in [0.15, 0.2) is 152 Å². The summed E-state index contributed by atoms with van der Waals surface area (Å²) in [6.07, 6.45) is 0. The molecule has 0 spiro atoms. The van der Waals surface area contributed by atoms with Gasteiger partial charge in [-0.25, -0.2) is 0 Å². The average Bonchev–Trinajstić information content (AvgIpc) is 3.70. The summed E-state index contributed by atoms with van der Waals surface area (Å²) in [5.41, 5.74) is 11.1. The lowest BCUT2D eigenvalue weighted by Crippen LogP contribution is -2.00. The van der Waals surface area contributed by atoms with Crippen LogP contribution in [0.5, 0.6) is 0 Å². The quantitative estimate of drug-likeness (QED) is 0.193. The van der Waals surface area contributed by atoms with E-state index in [0.717, 1.165) is 77.2 Å². The van der Waals surface area contributed by atoms with Gasteiger partial charge in [0.05, 0.1) is 56.6 Å². The molecule has 50 heavy (non-hydrogen) atoms. The predicted molar refractivity (Wildman–Crippen MR) is 200 cm³/mol. The third-order valence-electron chi connectivity index (χ3n) is 9.63. The maximum absolute atomic E-state index is 10.5. The normalized spacial score (nSPS) is 11.1. The molecule has 2 heterocycles. The second-order valence-electron chi connectivity index (χ2n) is 12.3. The second kappa shape index (κ2) is 11.4. The van der Waals surface area contributed by atoms with Crippen molar-refractivity contribution in [3.05, 3.63) is 168 Å². The smallest absolute Gasteiger partial charge is 0.101 e.